The number of anilines is 1. The van der Waals surface area contributed by atoms with Crippen molar-refractivity contribution >= 4 is 28.6 Å². The summed E-state index contributed by atoms with van der Waals surface area (Å²) >= 11 is 6.58. The number of nitrogens with one attached hydrogen (secondary N) is 2. The van der Waals surface area contributed by atoms with Crippen molar-refractivity contribution in [2.45, 2.75) is 45.7 Å². The summed E-state index contributed by atoms with van der Waals surface area (Å²) < 4.78 is 73.2. The maximum absolute atomic E-state index is 13.9. The van der Waals surface area contributed by atoms with E-state index in [1.54, 1.807) is 0 Å². The van der Waals surface area contributed by atoms with Gasteiger partial charge in [-0.15, -0.1) is 0 Å². The lowest BCUT2D eigenvalue weighted by molar-refractivity contribution is -0.276. The summed E-state index contributed by atoms with van der Waals surface area (Å²) in [5.41, 5.74) is -0.395. The van der Waals surface area contributed by atoms with Gasteiger partial charge in [-0.1, -0.05) is 11.6 Å². The number of nitrogens with zero attached hydrogens (tertiary/aromatic N) is 3. The molecule has 0 bridgehead atoms. The van der Waals surface area contributed by atoms with E-state index < -0.39 is 30.1 Å². The van der Waals surface area contributed by atoms with Crippen LogP contribution in [-0.4, -0.2) is 38.9 Å². The lowest BCUT2D eigenvalue weighted by Crippen LogP contribution is -2.27. The summed E-state index contributed by atoms with van der Waals surface area (Å²) in [6.45, 7) is 0.216. The summed E-state index contributed by atoms with van der Waals surface area (Å²) in [5.74, 6) is 0.276. The minimum Gasteiger partial charge on any atom is -0.356 e. The fourth-order valence-electron chi connectivity index (χ4n) is 4.04. The highest BCUT2D eigenvalue weighted by atomic mass is 35.5. The summed E-state index contributed by atoms with van der Waals surface area (Å²) in [7, 11) is 0. The monoisotopic (exact) mass is 477 g/mol. The van der Waals surface area contributed by atoms with Crippen LogP contribution in [0, 0.1) is 13.8 Å². The van der Waals surface area contributed by atoms with Crippen molar-refractivity contribution < 1.29 is 26.7 Å². The number of halogens is 6. The molecule has 1 aromatic carbocycles. The van der Waals surface area contributed by atoms with Crippen LogP contribution in [0.3, 0.4) is 0 Å². The average Bonchev–Trinajstić information content (AvgIpc) is 3.07. The van der Waals surface area contributed by atoms with Crippen LogP contribution in [-0.2, 0) is 11.3 Å². The molecule has 172 valence electrons. The number of ether oxygens (including phenoxy) is 1. The van der Waals surface area contributed by atoms with Gasteiger partial charge < -0.3 is 19.6 Å². The Morgan fingerprint density at radius 2 is 1.97 bits per heavy atom. The molecule has 1 aliphatic heterocycles. The first kappa shape index (κ1) is 22.5. The molecule has 7 nitrogen and oxygen atoms in total. The van der Waals surface area contributed by atoms with E-state index in [0.29, 0.717) is 25.2 Å². The van der Waals surface area contributed by atoms with Gasteiger partial charge in [-0.3, -0.25) is 0 Å². The Kier molecular flexibility index (Phi) is 5.61. The predicted octanol–water partition coefficient (Wildman–Crippen LogP) is 4.72. The molecule has 0 amide bonds. The van der Waals surface area contributed by atoms with Crippen molar-refractivity contribution in [1.29, 1.82) is 0 Å². The molecule has 13 heteroatoms. The quantitative estimate of drug-likeness (QED) is 0.531. The number of hydrogen-bond acceptors (Lipinski definition) is 5. The van der Waals surface area contributed by atoms with Crippen LogP contribution >= 0.6 is 11.6 Å². The van der Waals surface area contributed by atoms with E-state index in [4.69, 9.17) is 11.6 Å². The minimum absolute atomic E-state index is 0.000632. The van der Waals surface area contributed by atoms with Crippen molar-refractivity contribution in [3.8, 4) is 11.1 Å². The van der Waals surface area contributed by atoms with Crippen LogP contribution in [0.5, 0.6) is 0 Å². The number of aromatic amines is 1. The van der Waals surface area contributed by atoms with Crippen LogP contribution in [0.2, 0.25) is 5.02 Å². The minimum atomic E-state index is -5.14. The first-order valence-electron chi connectivity index (χ1n) is 9.53. The van der Waals surface area contributed by atoms with Crippen LogP contribution in [0.15, 0.2) is 10.9 Å². The molecule has 4 rings (SSSR count). The number of imidazole rings is 1. The Morgan fingerprint density at radius 3 is 2.59 bits per heavy atom. The van der Waals surface area contributed by atoms with Crippen molar-refractivity contribution in [3.63, 3.8) is 0 Å². The molecule has 0 spiro atoms. The molecule has 3 aromatic rings. The SMILES string of the molecule is Cc1nc(=O)[nH]c(C)c1-c1cc(C(OC(F)F)C(F)(F)F)c2c(nc3n2CCCN3)c1Cl. The highest BCUT2D eigenvalue weighted by Crippen LogP contribution is 2.46. The summed E-state index contributed by atoms with van der Waals surface area (Å²) in [6.07, 6.45) is -7.49. The second-order valence-corrected chi connectivity index (χ2v) is 7.72. The van der Waals surface area contributed by atoms with Crippen molar-refractivity contribution in [2.24, 2.45) is 0 Å². The molecule has 0 saturated carbocycles. The zero-order chi connectivity index (χ0) is 23.4. The average molecular weight is 478 g/mol. The Hall–Kier alpha value is -2.73. The van der Waals surface area contributed by atoms with Crippen LogP contribution in [0.4, 0.5) is 27.9 Å². The molecule has 0 radical (unpaired) electrons. The van der Waals surface area contributed by atoms with Crippen molar-refractivity contribution in [2.75, 3.05) is 11.9 Å². The van der Waals surface area contributed by atoms with Gasteiger partial charge >= 0.3 is 18.5 Å². The van der Waals surface area contributed by atoms with Gasteiger partial charge in [0.2, 0.25) is 5.95 Å². The molecule has 1 atom stereocenters. The second kappa shape index (κ2) is 8.00. The van der Waals surface area contributed by atoms with Gasteiger partial charge in [-0.2, -0.15) is 26.9 Å². The van der Waals surface area contributed by atoms with Gasteiger partial charge in [0.1, 0.15) is 5.52 Å². The third-order valence-electron chi connectivity index (χ3n) is 5.22. The third kappa shape index (κ3) is 3.81. The van der Waals surface area contributed by atoms with Gasteiger partial charge in [0, 0.05) is 35.5 Å². The molecule has 1 aliphatic rings. The molecule has 2 aromatic heterocycles. The Balaban J connectivity index is 2.11. The van der Waals surface area contributed by atoms with Gasteiger partial charge in [0.25, 0.3) is 0 Å². The number of fused-ring (bicyclic) bond motifs is 3. The standard InChI is InChI=1S/C19H17ClF5N5O2/c1-7-11(8(2)28-18(31)27-7)9-6-10(15(19(23,24)25)32-16(21)22)14-13(12(9)20)29-17-26-4-3-5-30(14)17/h6,15-16H,3-5H2,1-2H3,(H,26,29)(H,27,28,31). The largest absolute Gasteiger partial charge is 0.419 e. The zero-order valence-electron chi connectivity index (χ0n) is 16.8. The molecule has 0 saturated heterocycles. The van der Waals surface area contributed by atoms with E-state index in [-0.39, 0.29) is 38.8 Å². The Morgan fingerprint density at radius 1 is 1.25 bits per heavy atom. The van der Waals surface area contributed by atoms with Gasteiger partial charge in [-0.25, -0.2) is 9.78 Å². The molecular formula is C19H17ClF5N5O2. The van der Waals surface area contributed by atoms with E-state index in [1.807, 2.05) is 0 Å². The molecule has 1 unspecified atom stereocenters. The molecule has 0 aliphatic carbocycles. The molecule has 0 fully saturated rings. The summed E-state index contributed by atoms with van der Waals surface area (Å²) in [5, 5.41) is 2.98. The molecule has 2 N–H and O–H groups in total. The van der Waals surface area contributed by atoms with E-state index in [0.717, 1.165) is 6.07 Å². The number of aryl methyl sites for hydroxylation is 3. The van der Waals surface area contributed by atoms with E-state index in [9.17, 15) is 26.7 Å². The normalized spacial score (nSPS) is 15.2. The van der Waals surface area contributed by atoms with E-state index >= 15 is 0 Å². The van der Waals surface area contributed by atoms with Crippen LogP contribution in [0.25, 0.3) is 22.2 Å². The fraction of sp³-hybridized carbons (Fsp3) is 0.421. The maximum Gasteiger partial charge on any atom is 0.419 e. The van der Waals surface area contributed by atoms with Crippen LogP contribution in [0.1, 0.15) is 29.5 Å². The zero-order valence-corrected chi connectivity index (χ0v) is 17.5. The van der Waals surface area contributed by atoms with Crippen LogP contribution < -0.4 is 11.0 Å². The lowest BCUT2D eigenvalue weighted by atomic mass is 9.96. The smallest absolute Gasteiger partial charge is 0.356 e. The molecule has 3 heterocycles. The molecular weight excluding hydrogens is 461 g/mol. The highest BCUT2D eigenvalue weighted by molar-refractivity contribution is 6.38. The maximum atomic E-state index is 13.9. The third-order valence-corrected chi connectivity index (χ3v) is 5.60. The Bertz CT molecular complexity index is 1230. The summed E-state index contributed by atoms with van der Waals surface area (Å²) in [4.78, 5) is 22.3. The van der Waals surface area contributed by atoms with Gasteiger partial charge in [0.05, 0.1) is 16.2 Å². The number of benzene rings is 1. The summed E-state index contributed by atoms with van der Waals surface area (Å²) in [6, 6.07) is 1.06. The molecule has 32 heavy (non-hydrogen) atoms. The van der Waals surface area contributed by atoms with E-state index in [2.05, 4.69) is 25.0 Å². The number of hydrogen-bond donors (Lipinski definition) is 2. The Labute approximate surface area is 182 Å². The van der Waals surface area contributed by atoms with E-state index in [1.165, 1.54) is 18.4 Å². The number of alkyl halides is 5. The topological polar surface area (TPSA) is 84.8 Å². The number of rotatable bonds is 4. The predicted molar refractivity (Wildman–Crippen MR) is 107 cm³/mol. The first-order valence-corrected chi connectivity index (χ1v) is 9.91. The lowest BCUT2D eigenvalue weighted by Gasteiger charge is -2.24. The van der Waals surface area contributed by atoms with Gasteiger partial charge in [0.15, 0.2) is 6.10 Å². The highest BCUT2D eigenvalue weighted by Gasteiger charge is 2.46. The van der Waals surface area contributed by atoms with Crippen molar-refractivity contribution in [1.82, 2.24) is 19.5 Å². The first-order chi connectivity index (χ1) is 15.0. The second-order valence-electron chi connectivity index (χ2n) is 7.34. The van der Waals surface area contributed by atoms with Gasteiger partial charge in [-0.05, 0) is 26.3 Å². The number of H-pyrrole nitrogens is 1. The fourth-order valence-corrected chi connectivity index (χ4v) is 4.32. The number of aromatic nitrogens is 4. The van der Waals surface area contributed by atoms with Crippen molar-refractivity contribution in [3.05, 3.63) is 38.5 Å².